The van der Waals surface area contributed by atoms with E-state index in [4.69, 9.17) is 10.5 Å². The lowest BCUT2D eigenvalue weighted by Crippen LogP contribution is -2.39. The number of carbonyl (C=O) groups is 1. The Morgan fingerprint density at radius 3 is 2.20 bits per heavy atom. The Balaban J connectivity index is 4.47. The third-order valence-electron chi connectivity index (χ3n) is 3.11. The molecule has 0 saturated carbocycles. The molecule has 0 aliphatic rings. The third kappa shape index (κ3) is 4.20. The summed E-state index contributed by atoms with van der Waals surface area (Å²) >= 11 is 0. The minimum Gasteiger partial charge on any atom is -0.466 e. The minimum atomic E-state index is -0.507. The van der Waals surface area contributed by atoms with E-state index in [9.17, 15) is 4.79 Å². The van der Waals surface area contributed by atoms with Gasteiger partial charge in [-0.25, -0.2) is 0 Å². The normalized spacial score (nSPS) is 15.1. The van der Waals surface area contributed by atoms with Gasteiger partial charge in [-0.2, -0.15) is 0 Å². The molecule has 0 bridgehead atoms. The first-order chi connectivity index (χ1) is 7.03. The zero-order chi connectivity index (χ0) is 11.9. The largest absolute Gasteiger partial charge is 0.466 e. The fraction of sp³-hybridized carbons (Fsp3) is 0.917. The van der Waals surface area contributed by atoms with Gasteiger partial charge in [-0.1, -0.05) is 26.7 Å². The lowest BCUT2D eigenvalue weighted by molar-refractivity contribution is -0.155. The van der Waals surface area contributed by atoms with E-state index in [0.717, 1.165) is 19.3 Å². The molecule has 3 nitrogen and oxygen atoms in total. The highest BCUT2D eigenvalue weighted by atomic mass is 16.5. The summed E-state index contributed by atoms with van der Waals surface area (Å²) in [7, 11) is 0. The average molecular weight is 215 g/mol. The van der Waals surface area contributed by atoms with Crippen molar-refractivity contribution in [2.24, 2.45) is 17.1 Å². The summed E-state index contributed by atoms with van der Waals surface area (Å²) in [6.45, 7) is 8.82. The highest BCUT2D eigenvalue weighted by Gasteiger charge is 2.34. The number of esters is 1. The number of nitrogens with two attached hydrogens (primary N) is 1. The molecule has 0 aromatic heterocycles. The van der Waals surface area contributed by atoms with Crippen LogP contribution < -0.4 is 5.73 Å². The Kier molecular flexibility index (Phi) is 6.57. The first kappa shape index (κ1) is 14.4. The van der Waals surface area contributed by atoms with Gasteiger partial charge in [0.1, 0.15) is 0 Å². The van der Waals surface area contributed by atoms with Crippen LogP contribution >= 0.6 is 0 Å². The van der Waals surface area contributed by atoms with Crippen LogP contribution in [0, 0.1) is 11.3 Å². The summed E-state index contributed by atoms with van der Waals surface area (Å²) in [6, 6.07) is 0. The van der Waals surface area contributed by atoms with Crippen LogP contribution in [0.3, 0.4) is 0 Å². The van der Waals surface area contributed by atoms with Gasteiger partial charge in [-0.05, 0) is 26.2 Å². The second-order valence-corrected chi connectivity index (χ2v) is 4.37. The molecular formula is C12H25NO2. The van der Waals surface area contributed by atoms with Gasteiger partial charge in [-0.3, -0.25) is 4.79 Å². The van der Waals surface area contributed by atoms with Crippen molar-refractivity contribution >= 4 is 5.97 Å². The second-order valence-electron chi connectivity index (χ2n) is 4.37. The van der Waals surface area contributed by atoms with Crippen molar-refractivity contribution in [1.82, 2.24) is 0 Å². The Bertz CT molecular complexity index is 190. The molecule has 0 heterocycles. The van der Waals surface area contributed by atoms with E-state index in [1.165, 1.54) is 0 Å². The van der Waals surface area contributed by atoms with E-state index in [1.54, 1.807) is 0 Å². The zero-order valence-corrected chi connectivity index (χ0v) is 10.5. The fourth-order valence-electron chi connectivity index (χ4n) is 1.77. The quantitative estimate of drug-likeness (QED) is 0.663. The Morgan fingerprint density at radius 1 is 1.33 bits per heavy atom. The third-order valence-corrected chi connectivity index (χ3v) is 3.11. The molecule has 90 valence electrons. The van der Waals surface area contributed by atoms with Gasteiger partial charge in [0.2, 0.25) is 0 Å². The molecule has 0 fully saturated rings. The van der Waals surface area contributed by atoms with E-state index >= 15 is 0 Å². The van der Waals surface area contributed by atoms with Crippen LogP contribution in [0.4, 0.5) is 0 Å². The molecule has 1 unspecified atom stereocenters. The first-order valence-corrected chi connectivity index (χ1v) is 5.91. The SMILES string of the molecule is CCOC(=O)C(C)(CN)CC(CC)CC. The molecule has 15 heavy (non-hydrogen) atoms. The Hall–Kier alpha value is -0.570. The van der Waals surface area contributed by atoms with Crippen LogP contribution in [0.2, 0.25) is 0 Å². The summed E-state index contributed by atoms with van der Waals surface area (Å²) in [5.74, 6) is 0.405. The predicted octanol–water partition coefficient (Wildman–Crippen LogP) is 2.34. The van der Waals surface area contributed by atoms with Crippen molar-refractivity contribution in [2.45, 2.75) is 47.0 Å². The molecule has 0 spiro atoms. The van der Waals surface area contributed by atoms with Crippen LogP contribution in [-0.2, 0) is 9.53 Å². The van der Waals surface area contributed by atoms with Crippen LogP contribution in [0.25, 0.3) is 0 Å². The van der Waals surface area contributed by atoms with Crippen molar-refractivity contribution in [2.75, 3.05) is 13.2 Å². The van der Waals surface area contributed by atoms with Gasteiger partial charge in [0.15, 0.2) is 0 Å². The minimum absolute atomic E-state index is 0.153. The van der Waals surface area contributed by atoms with E-state index in [-0.39, 0.29) is 5.97 Å². The van der Waals surface area contributed by atoms with Gasteiger partial charge in [0.05, 0.1) is 12.0 Å². The van der Waals surface area contributed by atoms with Crippen molar-refractivity contribution < 1.29 is 9.53 Å². The molecule has 2 N–H and O–H groups in total. The summed E-state index contributed by atoms with van der Waals surface area (Å²) < 4.78 is 5.07. The standard InChI is InChI=1S/C12H25NO2/c1-5-10(6-2)8-12(4,9-13)11(14)15-7-3/h10H,5-9,13H2,1-4H3. The van der Waals surface area contributed by atoms with Crippen molar-refractivity contribution in [1.29, 1.82) is 0 Å². The number of ether oxygens (including phenoxy) is 1. The number of carbonyl (C=O) groups excluding carboxylic acids is 1. The molecule has 0 radical (unpaired) electrons. The van der Waals surface area contributed by atoms with Gasteiger partial charge in [-0.15, -0.1) is 0 Å². The molecule has 1 atom stereocenters. The summed E-state index contributed by atoms with van der Waals surface area (Å²) in [4.78, 5) is 11.8. The van der Waals surface area contributed by atoms with E-state index < -0.39 is 5.41 Å². The van der Waals surface area contributed by atoms with E-state index in [2.05, 4.69) is 13.8 Å². The molecule has 0 aliphatic heterocycles. The highest BCUT2D eigenvalue weighted by Crippen LogP contribution is 2.29. The van der Waals surface area contributed by atoms with Crippen molar-refractivity contribution in [3.05, 3.63) is 0 Å². The molecule has 0 aromatic rings. The topological polar surface area (TPSA) is 52.3 Å². The Labute approximate surface area is 93.4 Å². The van der Waals surface area contributed by atoms with Crippen LogP contribution in [0.15, 0.2) is 0 Å². The number of rotatable bonds is 7. The zero-order valence-electron chi connectivity index (χ0n) is 10.5. The molecule has 0 aromatic carbocycles. The number of hydrogen-bond acceptors (Lipinski definition) is 3. The fourth-order valence-corrected chi connectivity index (χ4v) is 1.77. The average Bonchev–Trinajstić information content (AvgIpc) is 2.25. The maximum atomic E-state index is 11.8. The first-order valence-electron chi connectivity index (χ1n) is 5.91. The molecule has 3 heteroatoms. The van der Waals surface area contributed by atoms with Crippen LogP contribution in [0.5, 0.6) is 0 Å². The molecule has 0 rings (SSSR count). The molecule has 0 saturated heterocycles. The van der Waals surface area contributed by atoms with Gasteiger partial charge >= 0.3 is 5.97 Å². The lowest BCUT2D eigenvalue weighted by Gasteiger charge is -2.29. The summed E-state index contributed by atoms with van der Waals surface area (Å²) in [6.07, 6.45) is 3.01. The Morgan fingerprint density at radius 2 is 1.87 bits per heavy atom. The molecule has 0 aliphatic carbocycles. The smallest absolute Gasteiger partial charge is 0.313 e. The highest BCUT2D eigenvalue weighted by molar-refractivity contribution is 5.76. The van der Waals surface area contributed by atoms with E-state index in [0.29, 0.717) is 19.1 Å². The second kappa shape index (κ2) is 6.83. The van der Waals surface area contributed by atoms with Gasteiger partial charge in [0.25, 0.3) is 0 Å². The number of hydrogen-bond donors (Lipinski definition) is 1. The van der Waals surface area contributed by atoms with Gasteiger partial charge in [0, 0.05) is 6.54 Å². The summed E-state index contributed by atoms with van der Waals surface area (Å²) in [5.41, 5.74) is 5.19. The van der Waals surface area contributed by atoms with Crippen LogP contribution in [0.1, 0.15) is 47.0 Å². The van der Waals surface area contributed by atoms with Crippen molar-refractivity contribution in [3.8, 4) is 0 Å². The van der Waals surface area contributed by atoms with E-state index in [1.807, 2.05) is 13.8 Å². The van der Waals surface area contributed by atoms with Gasteiger partial charge < -0.3 is 10.5 Å². The maximum Gasteiger partial charge on any atom is 0.313 e. The summed E-state index contributed by atoms with van der Waals surface area (Å²) in [5, 5.41) is 0. The van der Waals surface area contributed by atoms with Crippen molar-refractivity contribution in [3.63, 3.8) is 0 Å². The van der Waals surface area contributed by atoms with Crippen LogP contribution in [-0.4, -0.2) is 19.1 Å². The lowest BCUT2D eigenvalue weighted by atomic mass is 9.79. The monoisotopic (exact) mass is 215 g/mol. The molecular weight excluding hydrogens is 190 g/mol. The maximum absolute atomic E-state index is 11.8. The molecule has 0 amide bonds. The predicted molar refractivity (Wildman–Crippen MR) is 62.5 cm³/mol.